The third-order valence-electron chi connectivity index (χ3n) is 8.98. The van der Waals surface area contributed by atoms with E-state index in [1.54, 1.807) is 0 Å². The zero-order valence-corrected chi connectivity index (χ0v) is 24.3. The summed E-state index contributed by atoms with van der Waals surface area (Å²) in [5, 5.41) is 10.9. The van der Waals surface area contributed by atoms with Gasteiger partial charge in [0.15, 0.2) is 0 Å². The van der Waals surface area contributed by atoms with Crippen LogP contribution in [0, 0.1) is 0 Å². The van der Waals surface area contributed by atoms with E-state index in [-0.39, 0.29) is 0 Å². The van der Waals surface area contributed by atoms with Crippen molar-refractivity contribution in [2.24, 2.45) is 0 Å². The van der Waals surface area contributed by atoms with E-state index in [9.17, 15) is 0 Å². The minimum absolute atomic E-state index is 0.681. The third-order valence-corrected chi connectivity index (χ3v) is 10.1. The summed E-state index contributed by atoms with van der Waals surface area (Å²) in [5.41, 5.74) is 5.19. The van der Waals surface area contributed by atoms with Crippen LogP contribution < -0.4 is 0 Å². The van der Waals surface area contributed by atoms with Gasteiger partial charge in [0.2, 0.25) is 5.95 Å². The van der Waals surface area contributed by atoms with Crippen LogP contribution in [0.25, 0.3) is 91.6 Å². The zero-order valence-electron chi connectivity index (χ0n) is 23.5. The summed E-state index contributed by atoms with van der Waals surface area (Å²) in [6.45, 7) is 0. The van der Waals surface area contributed by atoms with Crippen molar-refractivity contribution in [1.29, 1.82) is 0 Å². The summed E-state index contributed by atoms with van der Waals surface area (Å²) >= 11 is 1.86. The minimum atomic E-state index is 0.681. The molecule has 3 aromatic heterocycles. The van der Waals surface area contributed by atoms with E-state index < -0.39 is 0 Å². The van der Waals surface area contributed by atoms with Gasteiger partial charge in [0, 0.05) is 47.3 Å². The predicted octanol–water partition coefficient (Wildman–Crippen LogP) is 11.1. The van der Waals surface area contributed by atoms with Crippen LogP contribution in [0.2, 0.25) is 0 Å². The molecule has 0 aliphatic rings. The Hall–Kier alpha value is -5.58. The molecule has 0 aliphatic carbocycles. The van der Waals surface area contributed by atoms with Crippen LogP contribution in [0.1, 0.15) is 0 Å². The molecule has 10 rings (SSSR count). The fraction of sp³-hybridized carbons (Fsp3) is 0. The Kier molecular flexibility index (Phi) is 4.87. The van der Waals surface area contributed by atoms with E-state index in [0.717, 1.165) is 38.6 Å². The molecule has 0 bridgehead atoms. The van der Waals surface area contributed by atoms with Gasteiger partial charge < -0.3 is 0 Å². The first-order valence-electron chi connectivity index (χ1n) is 14.8. The molecule has 0 saturated carbocycles. The lowest BCUT2D eigenvalue weighted by Crippen LogP contribution is -2.03. The molecule has 3 nitrogen and oxygen atoms in total. The second-order valence-corrected chi connectivity index (χ2v) is 12.5. The largest absolute Gasteiger partial charge is 0.278 e. The second-order valence-electron chi connectivity index (χ2n) is 11.4. The Labute approximate surface area is 256 Å². The molecule has 0 aliphatic heterocycles. The molecule has 204 valence electrons. The van der Waals surface area contributed by atoms with E-state index in [2.05, 4.69) is 144 Å². The van der Waals surface area contributed by atoms with Gasteiger partial charge in [-0.05, 0) is 52.6 Å². The Morgan fingerprint density at radius 1 is 0.455 bits per heavy atom. The molecule has 3 heterocycles. The topological polar surface area (TPSA) is 30.7 Å². The van der Waals surface area contributed by atoms with Crippen molar-refractivity contribution >= 4 is 85.8 Å². The van der Waals surface area contributed by atoms with Crippen molar-refractivity contribution in [1.82, 2.24) is 14.5 Å². The Morgan fingerprint density at radius 2 is 1.20 bits per heavy atom. The van der Waals surface area contributed by atoms with Gasteiger partial charge in [0.25, 0.3) is 0 Å². The van der Waals surface area contributed by atoms with E-state index in [1.807, 2.05) is 11.3 Å². The SMILES string of the molecule is c1ccc(-c2nc(-n3c4ccccc4c4cc5ccc6sc7ccccc7c6c5cc43)nc3c2ccc2ccccc23)cc1. The molecular weight excluding hydrogens is 555 g/mol. The van der Waals surface area contributed by atoms with Crippen LogP contribution in [0.3, 0.4) is 0 Å². The standard InChI is InChI=1S/C40H23N3S/c1-2-11-25(12-3-1)38-30-20-18-24-10-4-5-13-27(24)39(30)42-40(41-38)43-33-16-8-6-14-28(33)32-22-26-19-21-36-37(31(26)23-34(32)43)29-15-7-9-17-35(29)44-36/h1-23H. The maximum atomic E-state index is 5.37. The van der Waals surface area contributed by atoms with Crippen LogP contribution in [0.15, 0.2) is 140 Å². The highest BCUT2D eigenvalue weighted by Gasteiger charge is 2.20. The van der Waals surface area contributed by atoms with Gasteiger partial charge >= 0.3 is 0 Å². The van der Waals surface area contributed by atoms with E-state index in [0.29, 0.717) is 5.95 Å². The Bertz CT molecular complexity index is 2770. The molecule has 4 heteroatoms. The maximum Gasteiger partial charge on any atom is 0.235 e. The molecule has 0 radical (unpaired) electrons. The quantitative estimate of drug-likeness (QED) is 0.191. The fourth-order valence-corrected chi connectivity index (χ4v) is 8.12. The predicted molar refractivity (Wildman–Crippen MR) is 187 cm³/mol. The van der Waals surface area contributed by atoms with Gasteiger partial charge in [0.05, 0.1) is 22.2 Å². The lowest BCUT2D eigenvalue weighted by Gasteiger charge is -2.13. The van der Waals surface area contributed by atoms with Gasteiger partial charge in [-0.1, -0.05) is 103 Å². The minimum Gasteiger partial charge on any atom is -0.278 e. The normalized spacial score (nSPS) is 12.1. The number of fused-ring (bicyclic) bond motifs is 11. The first-order valence-corrected chi connectivity index (χ1v) is 15.7. The van der Waals surface area contributed by atoms with Crippen LogP contribution in [-0.4, -0.2) is 14.5 Å². The highest BCUT2D eigenvalue weighted by Crippen LogP contribution is 2.42. The molecule has 0 atom stereocenters. The number of thiophene rings is 1. The highest BCUT2D eigenvalue weighted by atomic mass is 32.1. The van der Waals surface area contributed by atoms with Crippen LogP contribution in [0.4, 0.5) is 0 Å². The van der Waals surface area contributed by atoms with Crippen LogP contribution in [-0.2, 0) is 0 Å². The van der Waals surface area contributed by atoms with E-state index in [1.165, 1.54) is 47.1 Å². The number of hydrogen-bond donors (Lipinski definition) is 0. The number of hydrogen-bond acceptors (Lipinski definition) is 3. The fourth-order valence-electron chi connectivity index (χ4n) is 6.99. The van der Waals surface area contributed by atoms with Crippen molar-refractivity contribution in [3.63, 3.8) is 0 Å². The molecule has 0 saturated heterocycles. The average Bonchev–Trinajstić information content (AvgIpc) is 3.63. The van der Waals surface area contributed by atoms with Gasteiger partial charge in [-0.3, -0.25) is 4.57 Å². The van der Waals surface area contributed by atoms with Gasteiger partial charge in [0.1, 0.15) is 0 Å². The average molecular weight is 578 g/mol. The summed E-state index contributed by atoms with van der Waals surface area (Å²) < 4.78 is 4.89. The molecule has 0 spiro atoms. The molecule has 7 aromatic carbocycles. The van der Waals surface area contributed by atoms with Crippen molar-refractivity contribution in [2.45, 2.75) is 0 Å². The van der Waals surface area contributed by atoms with Crippen molar-refractivity contribution < 1.29 is 0 Å². The lowest BCUT2D eigenvalue weighted by molar-refractivity contribution is 1.02. The van der Waals surface area contributed by atoms with Crippen LogP contribution in [0.5, 0.6) is 0 Å². The summed E-state index contributed by atoms with van der Waals surface area (Å²) in [6, 6.07) is 50.0. The first kappa shape index (κ1) is 23.9. The number of benzene rings is 7. The molecule has 0 amide bonds. The van der Waals surface area contributed by atoms with Crippen molar-refractivity contribution in [2.75, 3.05) is 0 Å². The molecule has 10 aromatic rings. The van der Waals surface area contributed by atoms with Crippen LogP contribution >= 0.6 is 11.3 Å². The van der Waals surface area contributed by atoms with Gasteiger partial charge in [-0.2, -0.15) is 0 Å². The molecule has 0 fully saturated rings. The highest BCUT2D eigenvalue weighted by molar-refractivity contribution is 7.26. The molecule has 44 heavy (non-hydrogen) atoms. The lowest BCUT2D eigenvalue weighted by atomic mass is 10.0. The maximum absolute atomic E-state index is 5.37. The summed E-state index contributed by atoms with van der Waals surface area (Å²) in [4.78, 5) is 10.7. The first-order chi connectivity index (χ1) is 21.8. The monoisotopic (exact) mass is 577 g/mol. The van der Waals surface area contributed by atoms with E-state index in [4.69, 9.17) is 9.97 Å². The van der Waals surface area contributed by atoms with Gasteiger partial charge in [-0.25, -0.2) is 9.97 Å². The summed E-state index contributed by atoms with van der Waals surface area (Å²) in [6.07, 6.45) is 0. The summed E-state index contributed by atoms with van der Waals surface area (Å²) in [7, 11) is 0. The number of rotatable bonds is 2. The van der Waals surface area contributed by atoms with E-state index >= 15 is 0 Å². The Morgan fingerprint density at radius 3 is 2.11 bits per heavy atom. The van der Waals surface area contributed by atoms with Gasteiger partial charge in [-0.15, -0.1) is 11.3 Å². The van der Waals surface area contributed by atoms with Crippen molar-refractivity contribution in [3.05, 3.63) is 140 Å². The molecule has 0 unspecified atom stereocenters. The number of para-hydroxylation sites is 1. The smallest absolute Gasteiger partial charge is 0.235 e. The second kappa shape index (κ2) is 8.96. The number of aromatic nitrogens is 3. The number of nitrogens with zero attached hydrogens (tertiary/aromatic N) is 3. The molecular formula is C40H23N3S. The summed E-state index contributed by atoms with van der Waals surface area (Å²) in [5.74, 6) is 0.681. The van der Waals surface area contributed by atoms with Crippen molar-refractivity contribution in [3.8, 4) is 17.2 Å². The third kappa shape index (κ3) is 3.31. The Balaban J connectivity index is 1.38. The zero-order chi connectivity index (χ0) is 28.8. The molecule has 0 N–H and O–H groups in total.